The zero-order chi connectivity index (χ0) is 10.3. The van der Waals surface area contributed by atoms with Crippen LogP contribution in [0.15, 0.2) is 29.0 Å². The third-order valence-electron chi connectivity index (χ3n) is 2.73. The molecule has 1 aliphatic rings. The van der Waals surface area contributed by atoms with E-state index in [4.69, 9.17) is 0 Å². The van der Waals surface area contributed by atoms with Crippen molar-refractivity contribution in [3.05, 3.63) is 34.7 Å². The minimum Gasteiger partial charge on any atom is -0.268 e. The minimum atomic E-state index is 1.03. The fourth-order valence-corrected chi connectivity index (χ4v) is 2.70. The molecule has 15 heavy (non-hydrogen) atoms. The molecule has 3 heterocycles. The lowest BCUT2D eigenvalue weighted by atomic mass is 10.2. The van der Waals surface area contributed by atoms with Crippen LogP contribution in [0.1, 0.15) is 12.1 Å². The molecule has 0 saturated heterocycles. The van der Waals surface area contributed by atoms with Crippen LogP contribution in [-0.2, 0) is 13.0 Å². The number of pyridine rings is 1. The Morgan fingerprint density at radius 1 is 1.27 bits per heavy atom. The van der Waals surface area contributed by atoms with Gasteiger partial charge in [-0.05, 0) is 40.9 Å². The highest BCUT2D eigenvalue weighted by atomic mass is 79.9. The number of fused-ring (bicyclic) bond motifs is 1. The molecule has 0 N–H and O–H groups in total. The summed E-state index contributed by atoms with van der Waals surface area (Å²) in [6.45, 7) is 1.04. The molecule has 0 bridgehead atoms. The molecule has 1 aliphatic heterocycles. The van der Waals surface area contributed by atoms with Gasteiger partial charge in [0.15, 0.2) is 0 Å². The van der Waals surface area contributed by atoms with E-state index in [0.717, 1.165) is 28.7 Å². The Kier molecular flexibility index (Phi) is 2.09. The molecule has 76 valence electrons. The molecule has 2 aromatic heterocycles. The van der Waals surface area contributed by atoms with Crippen LogP contribution in [0.3, 0.4) is 0 Å². The van der Waals surface area contributed by atoms with Gasteiger partial charge in [-0.2, -0.15) is 5.10 Å². The van der Waals surface area contributed by atoms with Crippen LogP contribution in [0, 0.1) is 0 Å². The summed E-state index contributed by atoms with van der Waals surface area (Å²) >= 11 is 3.64. The number of rotatable bonds is 1. The van der Waals surface area contributed by atoms with Crippen LogP contribution in [0.2, 0.25) is 0 Å². The summed E-state index contributed by atoms with van der Waals surface area (Å²) < 4.78 is 3.24. The van der Waals surface area contributed by atoms with E-state index in [1.54, 1.807) is 12.4 Å². The lowest BCUT2D eigenvalue weighted by Gasteiger charge is -1.97. The molecule has 3 rings (SSSR count). The first-order valence-electron chi connectivity index (χ1n) is 5.02. The van der Waals surface area contributed by atoms with Gasteiger partial charge in [0.1, 0.15) is 5.69 Å². The SMILES string of the molecule is Brc1c(-c2ccncc2)nn2c1CCC2. The molecular formula is C11H10BrN3. The fraction of sp³-hybridized carbons (Fsp3) is 0.273. The summed E-state index contributed by atoms with van der Waals surface area (Å²) in [5.41, 5.74) is 3.48. The Morgan fingerprint density at radius 3 is 2.80 bits per heavy atom. The quantitative estimate of drug-likeness (QED) is 0.792. The molecule has 0 radical (unpaired) electrons. The molecular weight excluding hydrogens is 254 g/mol. The van der Waals surface area contributed by atoms with E-state index in [1.165, 1.54) is 12.1 Å². The van der Waals surface area contributed by atoms with E-state index in [0.29, 0.717) is 0 Å². The number of hydrogen-bond acceptors (Lipinski definition) is 2. The van der Waals surface area contributed by atoms with Crippen LogP contribution in [0.4, 0.5) is 0 Å². The van der Waals surface area contributed by atoms with Gasteiger partial charge in [-0.1, -0.05) is 0 Å². The van der Waals surface area contributed by atoms with Crippen molar-refractivity contribution in [2.45, 2.75) is 19.4 Å². The van der Waals surface area contributed by atoms with Crippen molar-refractivity contribution in [2.75, 3.05) is 0 Å². The molecule has 2 aromatic rings. The highest BCUT2D eigenvalue weighted by Gasteiger charge is 2.20. The largest absolute Gasteiger partial charge is 0.268 e. The number of hydrogen-bond donors (Lipinski definition) is 0. The Labute approximate surface area is 96.3 Å². The van der Waals surface area contributed by atoms with Crippen LogP contribution in [0.25, 0.3) is 11.3 Å². The van der Waals surface area contributed by atoms with Gasteiger partial charge in [-0.3, -0.25) is 9.67 Å². The standard InChI is InChI=1S/C11H10BrN3/c12-10-9-2-1-7-15(9)14-11(10)8-3-5-13-6-4-8/h3-6H,1-2,7H2. The zero-order valence-electron chi connectivity index (χ0n) is 8.15. The molecule has 0 aliphatic carbocycles. The number of halogens is 1. The zero-order valence-corrected chi connectivity index (χ0v) is 9.74. The van der Waals surface area contributed by atoms with E-state index in [-0.39, 0.29) is 0 Å². The highest BCUT2D eigenvalue weighted by Crippen LogP contribution is 2.33. The van der Waals surface area contributed by atoms with Gasteiger partial charge in [0.25, 0.3) is 0 Å². The van der Waals surface area contributed by atoms with Gasteiger partial charge in [-0.15, -0.1) is 0 Å². The second kappa shape index (κ2) is 3.45. The molecule has 0 amide bonds. The molecule has 0 saturated carbocycles. The van der Waals surface area contributed by atoms with E-state index < -0.39 is 0 Å². The van der Waals surface area contributed by atoms with Gasteiger partial charge in [0, 0.05) is 24.5 Å². The molecule has 0 aromatic carbocycles. The summed E-state index contributed by atoms with van der Waals surface area (Å²) in [6, 6.07) is 3.98. The Morgan fingerprint density at radius 2 is 2.07 bits per heavy atom. The first-order valence-corrected chi connectivity index (χ1v) is 5.81. The average Bonchev–Trinajstić information content (AvgIpc) is 2.83. The van der Waals surface area contributed by atoms with Crippen LogP contribution < -0.4 is 0 Å². The maximum absolute atomic E-state index is 4.60. The van der Waals surface area contributed by atoms with Crippen molar-refractivity contribution >= 4 is 15.9 Å². The lowest BCUT2D eigenvalue weighted by Crippen LogP contribution is -1.94. The summed E-state index contributed by atoms with van der Waals surface area (Å²) in [7, 11) is 0. The van der Waals surface area contributed by atoms with Crippen LogP contribution in [0.5, 0.6) is 0 Å². The van der Waals surface area contributed by atoms with Crippen LogP contribution in [-0.4, -0.2) is 14.8 Å². The summed E-state index contributed by atoms with van der Waals surface area (Å²) in [4.78, 5) is 4.01. The summed E-state index contributed by atoms with van der Waals surface area (Å²) in [5.74, 6) is 0. The second-order valence-corrected chi connectivity index (χ2v) is 4.46. The van der Waals surface area contributed by atoms with E-state index in [1.807, 2.05) is 12.1 Å². The lowest BCUT2D eigenvalue weighted by molar-refractivity contribution is 0.659. The van der Waals surface area contributed by atoms with Gasteiger partial charge in [-0.25, -0.2) is 0 Å². The average molecular weight is 264 g/mol. The topological polar surface area (TPSA) is 30.7 Å². The maximum Gasteiger partial charge on any atom is 0.107 e. The summed E-state index contributed by atoms with van der Waals surface area (Å²) in [5, 5.41) is 4.60. The van der Waals surface area contributed by atoms with Crippen molar-refractivity contribution in [3.63, 3.8) is 0 Å². The van der Waals surface area contributed by atoms with Crippen molar-refractivity contribution in [2.24, 2.45) is 0 Å². The monoisotopic (exact) mass is 263 g/mol. The Hall–Kier alpha value is -1.16. The molecule has 4 heteroatoms. The maximum atomic E-state index is 4.60. The third-order valence-corrected chi connectivity index (χ3v) is 3.56. The minimum absolute atomic E-state index is 1.03. The van der Waals surface area contributed by atoms with E-state index in [2.05, 4.69) is 30.7 Å². The van der Waals surface area contributed by atoms with E-state index >= 15 is 0 Å². The second-order valence-electron chi connectivity index (χ2n) is 3.67. The van der Waals surface area contributed by atoms with Gasteiger partial charge < -0.3 is 0 Å². The van der Waals surface area contributed by atoms with Crippen molar-refractivity contribution in [3.8, 4) is 11.3 Å². The normalized spacial score (nSPS) is 14.2. The predicted molar refractivity (Wildman–Crippen MR) is 61.5 cm³/mol. The van der Waals surface area contributed by atoms with Gasteiger partial charge in [0.2, 0.25) is 0 Å². The Bertz CT molecular complexity index is 490. The van der Waals surface area contributed by atoms with Crippen molar-refractivity contribution in [1.29, 1.82) is 0 Å². The first kappa shape index (κ1) is 9.09. The number of nitrogens with zero attached hydrogens (tertiary/aromatic N) is 3. The predicted octanol–water partition coefficient (Wildman–Crippen LogP) is 2.65. The fourth-order valence-electron chi connectivity index (χ4n) is 1.99. The molecule has 0 atom stereocenters. The van der Waals surface area contributed by atoms with Gasteiger partial charge in [0.05, 0.1) is 10.2 Å². The summed E-state index contributed by atoms with van der Waals surface area (Å²) in [6.07, 6.45) is 5.93. The van der Waals surface area contributed by atoms with E-state index in [9.17, 15) is 0 Å². The van der Waals surface area contributed by atoms with Crippen molar-refractivity contribution < 1.29 is 0 Å². The van der Waals surface area contributed by atoms with Crippen molar-refractivity contribution in [1.82, 2.24) is 14.8 Å². The molecule has 0 unspecified atom stereocenters. The molecule has 0 spiro atoms. The Balaban J connectivity index is 2.14. The molecule has 0 fully saturated rings. The number of aromatic nitrogens is 3. The highest BCUT2D eigenvalue weighted by molar-refractivity contribution is 9.10. The van der Waals surface area contributed by atoms with Crippen LogP contribution >= 0.6 is 15.9 Å². The van der Waals surface area contributed by atoms with Gasteiger partial charge >= 0.3 is 0 Å². The smallest absolute Gasteiger partial charge is 0.107 e. The number of aryl methyl sites for hydroxylation is 1. The molecule has 3 nitrogen and oxygen atoms in total. The first-order chi connectivity index (χ1) is 7.36. The third kappa shape index (κ3) is 1.40.